The second-order valence-corrected chi connectivity index (χ2v) is 3.86. The third kappa shape index (κ3) is 3.80. The van der Waals surface area contributed by atoms with Crippen LogP contribution in [-0.2, 0) is 11.3 Å². The summed E-state index contributed by atoms with van der Waals surface area (Å²) in [6.07, 6.45) is 6.89. The highest BCUT2D eigenvalue weighted by molar-refractivity contribution is 5.91. The third-order valence-corrected chi connectivity index (χ3v) is 2.41. The highest BCUT2D eigenvalue weighted by Gasteiger charge is 2.08. The minimum atomic E-state index is -0.520. The van der Waals surface area contributed by atoms with Gasteiger partial charge in [-0.2, -0.15) is 5.10 Å². The lowest BCUT2D eigenvalue weighted by molar-refractivity contribution is -0.385. The summed E-state index contributed by atoms with van der Waals surface area (Å²) in [5.74, 6) is 0.311. The second-order valence-electron chi connectivity index (χ2n) is 3.86. The molecular weight excluding hydrogens is 264 g/mol. The zero-order valence-corrected chi connectivity index (χ0v) is 10.4. The van der Waals surface area contributed by atoms with Crippen LogP contribution in [0.25, 0.3) is 6.08 Å². The number of nitrogens with one attached hydrogen (secondary N) is 1. The van der Waals surface area contributed by atoms with Gasteiger partial charge in [-0.25, -0.2) is 0 Å². The monoisotopic (exact) mass is 276 g/mol. The normalized spacial score (nSPS) is 10.8. The van der Waals surface area contributed by atoms with Crippen LogP contribution in [0.5, 0.6) is 0 Å². The lowest BCUT2D eigenvalue weighted by Gasteiger charge is -2.01. The lowest BCUT2D eigenvalue weighted by atomic mass is 10.4. The molecule has 2 rings (SSSR count). The van der Waals surface area contributed by atoms with Gasteiger partial charge in [-0.1, -0.05) is 0 Å². The Balaban J connectivity index is 1.75. The number of nitro groups is 1. The molecule has 0 saturated heterocycles. The first-order valence-electron chi connectivity index (χ1n) is 5.81. The van der Waals surface area contributed by atoms with Gasteiger partial charge in [0.15, 0.2) is 0 Å². The zero-order chi connectivity index (χ0) is 14.4. The topological polar surface area (TPSA) is 103 Å². The van der Waals surface area contributed by atoms with Crippen molar-refractivity contribution in [3.8, 4) is 0 Å². The van der Waals surface area contributed by atoms with Crippen molar-refractivity contribution >= 4 is 17.7 Å². The van der Waals surface area contributed by atoms with Crippen molar-refractivity contribution in [2.45, 2.75) is 6.54 Å². The van der Waals surface area contributed by atoms with Crippen molar-refractivity contribution in [1.29, 1.82) is 0 Å². The summed E-state index contributed by atoms with van der Waals surface area (Å²) in [7, 11) is 0. The van der Waals surface area contributed by atoms with Gasteiger partial charge < -0.3 is 9.73 Å². The quantitative estimate of drug-likeness (QED) is 0.485. The van der Waals surface area contributed by atoms with Crippen LogP contribution in [0.1, 0.15) is 5.76 Å². The highest BCUT2D eigenvalue weighted by atomic mass is 16.6. The van der Waals surface area contributed by atoms with Gasteiger partial charge in [-0.3, -0.25) is 19.6 Å². The van der Waals surface area contributed by atoms with Gasteiger partial charge in [0.2, 0.25) is 5.91 Å². The molecule has 0 aliphatic heterocycles. The molecule has 0 aliphatic rings. The van der Waals surface area contributed by atoms with Crippen LogP contribution in [-0.4, -0.2) is 27.2 Å². The van der Waals surface area contributed by atoms with Crippen LogP contribution in [0.4, 0.5) is 5.69 Å². The molecular formula is C12H12N4O4. The molecule has 2 heterocycles. The number of hydrogen-bond donors (Lipinski definition) is 1. The summed E-state index contributed by atoms with van der Waals surface area (Å²) in [4.78, 5) is 21.4. The molecule has 0 bridgehead atoms. The summed E-state index contributed by atoms with van der Waals surface area (Å²) < 4.78 is 6.44. The molecule has 0 atom stereocenters. The van der Waals surface area contributed by atoms with E-state index in [1.165, 1.54) is 29.4 Å². The Bertz CT molecular complexity index is 615. The first kappa shape index (κ1) is 13.5. The van der Waals surface area contributed by atoms with E-state index in [-0.39, 0.29) is 11.6 Å². The van der Waals surface area contributed by atoms with Gasteiger partial charge in [0.1, 0.15) is 18.2 Å². The molecule has 1 N–H and O–H groups in total. The fraction of sp³-hybridized carbons (Fsp3) is 0.167. The number of amides is 1. The number of rotatable bonds is 6. The molecule has 0 saturated carbocycles. The van der Waals surface area contributed by atoms with Crippen LogP contribution in [0.15, 0.2) is 41.3 Å². The fourth-order valence-electron chi connectivity index (χ4n) is 1.47. The number of carbonyl (C=O) groups excluding carboxylic acids is 1. The number of carbonyl (C=O) groups is 1. The minimum absolute atomic E-state index is 0.0750. The van der Waals surface area contributed by atoms with Gasteiger partial charge in [0.25, 0.3) is 0 Å². The molecule has 20 heavy (non-hydrogen) atoms. The molecule has 2 aromatic heterocycles. The Morgan fingerprint density at radius 3 is 3.10 bits per heavy atom. The van der Waals surface area contributed by atoms with E-state index in [0.29, 0.717) is 18.8 Å². The van der Waals surface area contributed by atoms with E-state index in [9.17, 15) is 14.9 Å². The van der Waals surface area contributed by atoms with E-state index in [2.05, 4.69) is 10.4 Å². The molecule has 0 unspecified atom stereocenters. The largest absolute Gasteiger partial charge is 0.465 e. The summed E-state index contributed by atoms with van der Waals surface area (Å²) >= 11 is 0. The van der Waals surface area contributed by atoms with Gasteiger partial charge in [-0.15, -0.1) is 0 Å². The van der Waals surface area contributed by atoms with E-state index < -0.39 is 4.92 Å². The predicted octanol–water partition coefficient (Wildman–Crippen LogP) is 1.21. The van der Waals surface area contributed by atoms with E-state index in [1.54, 1.807) is 18.2 Å². The highest BCUT2D eigenvalue weighted by Crippen LogP contribution is 2.07. The summed E-state index contributed by atoms with van der Waals surface area (Å²) in [6, 6.07) is 3.45. The standard InChI is InChI=1S/C12H12N4O4/c17-12(4-3-11-2-1-7-20-11)13-5-6-15-9-10(8-14-15)16(18)19/h1-4,7-9H,5-6H2,(H,13,17). The molecule has 2 aromatic rings. The second kappa shape index (κ2) is 6.32. The summed E-state index contributed by atoms with van der Waals surface area (Å²) in [5.41, 5.74) is -0.0750. The van der Waals surface area contributed by atoms with Gasteiger partial charge in [-0.05, 0) is 18.2 Å². The molecule has 0 spiro atoms. The van der Waals surface area contributed by atoms with Crippen molar-refractivity contribution in [3.63, 3.8) is 0 Å². The molecule has 0 aliphatic carbocycles. The predicted molar refractivity (Wildman–Crippen MR) is 69.6 cm³/mol. The maximum absolute atomic E-state index is 11.5. The summed E-state index contributed by atoms with van der Waals surface area (Å²) in [5, 5.41) is 16.9. The van der Waals surface area contributed by atoms with Gasteiger partial charge >= 0.3 is 5.69 Å². The fourth-order valence-corrected chi connectivity index (χ4v) is 1.47. The molecule has 0 aromatic carbocycles. The smallest absolute Gasteiger partial charge is 0.306 e. The zero-order valence-electron chi connectivity index (χ0n) is 10.4. The molecule has 1 amide bonds. The van der Waals surface area contributed by atoms with Crippen LogP contribution in [0, 0.1) is 10.1 Å². The van der Waals surface area contributed by atoms with Crippen LogP contribution < -0.4 is 5.32 Å². The number of furan rings is 1. The van der Waals surface area contributed by atoms with E-state index in [0.717, 1.165) is 0 Å². The molecule has 8 nitrogen and oxygen atoms in total. The Hall–Kier alpha value is -2.90. The van der Waals surface area contributed by atoms with Gasteiger partial charge in [0, 0.05) is 12.6 Å². The molecule has 0 fully saturated rings. The number of aromatic nitrogens is 2. The lowest BCUT2D eigenvalue weighted by Crippen LogP contribution is -2.25. The molecule has 104 valence electrons. The Morgan fingerprint density at radius 1 is 1.60 bits per heavy atom. The van der Waals surface area contributed by atoms with Crippen LogP contribution >= 0.6 is 0 Å². The molecule has 8 heteroatoms. The Kier molecular flexibility index (Phi) is 4.28. The van der Waals surface area contributed by atoms with E-state index in [4.69, 9.17) is 4.42 Å². The maximum atomic E-state index is 11.5. The number of hydrogen-bond acceptors (Lipinski definition) is 5. The number of nitrogens with zero attached hydrogens (tertiary/aromatic N) is 3. The average molecular weight is 276 g/mol. The SMILES string of the molecule is O=C(C=Cc1ccco1)NCCn1cc([N+](=O)[O-])cn1. The Morgan fingerprint density at radius 2 is 2.45 bits per heavy atom. The van der Waals surface area contributed by atoms with Crippen molar-refractivity contribution < 1.29 is 14.1 Å². The first-order valence-corrected chi connectivity index (χ1v) is 5.81. The van der Waals surface area contributed by atoms with Crippen LogP contribution in [0.3, 0.4) is 0 Å². The summed E-state index contributed by atoms with van der Waals surface area (Å²) in [6.45, 7) is 0.675. The minimum Gasteiger partial charge on any atom is -0.465 e. The average Bonchev–Trinajstić information content (AvgIpc) is 3.07. The van der Waals surface area contributed by atoms with Crippen molar-refractivity contribution in [1.82, 2.24) is 15.1 Å². The van der Waals surface area contributed by atoms with E-state index in [1.807, 2.05) is 0 Å². The van der Waals surface area contributed by atoms with Crippen molar-refractivity contribution in [3.05, 3.63) is 52.7 Å². The third-order valence-electron chi connectivity index (χ3n) is 2.41. The van der Waals surface area contributed by atoms with Crippen LogP contribution in [0.2, 0.25) is 0 Å². The first-order chi connectivity index (χ1) is 9.65. The Labute approximate surface area is 113 Å². The molecule has 0 radical (unpaired) electrons. The maximum Gasteiger partial charge on any atom is 0.306 e. The van der Waals surface area contributed by atoms with E-state index >= 15 is 0 Å². The van der Waals surface area contributed by atoms with Crippen molar-refractivity contribution in [2.24, 2.45) is 0 Å². The van der Waals surface area contributed by atoms with Crippen molar-refractivity contribution in [2.75, 3.05) is 6.54 Å². The van der Waals surface area contributed by atoms with Gasteiger partial charge in [0.05, 0.1) is 17.7 Å².